The molecule has 1 atom stereocenters. The van der Waals surface area contributed by atoms with Gasteiger partial charge < -0.3 is 15.2 Å². The summed E-state index contributed by atoms with van der Waals surface area (Å²) in [5.74, 6) is 0.591. The molecule has 0 spiro atoms. The van der Waals surface area contributed by atoms with Gasteiger partial charge in [-0.15, -0.1) is 0 Å². The van der Waals surface area contributed by atoms with Crippen LogP contribution in [0.25, 0.3) is 0 Å². The van der Waals surface area contributed by atoms with Gasteiger partial charge in [0.05, 0.1) is 12.3 Å². The summed E-state index contributed by atoms with van der Waals surface area (Å²) in [4.78, 5) is 0. The minimum atomic E-state index is -2.73. The van der Waals surface area contributed by atoms with Gasteiger partial charge in [-0.1, -0.05) is 6.07 Å². The fourth-order valence-electron chi connectivity index (χ4n) is 1.72. The zero-order valence-corrected chi connectivity index (χ0v) is 12.0. The maximum absolute atomic E-state index is 10.8. The number of hydrogen-bond donors (Lipinski definition) is 3. The van der Waals surface area contributed by atoms with Gasteiger partial charge in [-0.3, -0.25) is 4.72 Å². The maximum Gasteiger partial charge on any atom is 0.222 e. The molecule has 1 aromatic carbocycles. The van der Waals surface area contributed by atoms with Gasteiger partial charge in [-0.2, -0.15) is 0 Å². The third-order valence-corrected chi connectivity index (χ3v) is 2.91. The van der Waals surface area contributed by atoms with Crippen molar-refractivity contribution < 1.29 is 17.9 Å². The van der Waals surface area contributed by atoms with Gasteiger partial charge in [0.25, 0.3) is 0 Å². The fourth-order valence-corrected chi connectivity index (χ4v) is 2.11. The van der Waals surface area contributed by atoms with Crippen LogP contribution < -0.4 is 15.2 Å². The second kappa shape index (κ2) is 7.98. The van der Waals surface area contributed by atoms with E-state index in [0.717, 1.165) is 6.42 Å². The molecule has 0 aliphatic carbocycles. The summed E-state index contributed by atoms with van der Waals surface area (Å²) in [7, 11) is -1.10. The Balaban J connectivity index is 2.89. The molecule has 19 heavy (non-hydrogen) atoms. The number of nitrogens with one attached hydrogen (secondary N) is 1. The van der Waals surface area contributed by atoms with Crippen molar-refractivity contribution in [3.05, 3.63) is 23.8 Å². The van der Waals surface area contributed by atoms with Crippen LogP contribution in [-0.4, -0.2) is 28.7 Å². The Hall–Kier alpha value is -1.31. The highest BCUT2D eigenvalue weighted by Gasteiger charge is 2.13. The van der Waals surface area contributed by atoms with E-state index >= 15 is 0 Å². The second-order valence-electron chi connectivity index (χ2n) is 4.07. The summed E-state index contributed by atoms with van der Waals surface area (Å²) >= 11 is 0. The topological polar surface area (TPSA) is 90.6 Å². The van der Waals surface area contributed by atoms with Crippen molar-refractivity contribution in [2.75, 3.05) is 25.0 Å². The minimum Gasteiger partial charge on any atom is -0.493 e. The molecule has 7 heteroatoms. The molecule has 1 aromatic rings. The summed E-state index contributed by atoms with van der Waals surface area (Å²) in [5, 5.41) is 0. The Labute approximate surface area is 115 Å². The average Bonchev–Trinajstić information content (AvgIpc) is 2.33. The van der Waals surface area contributed by atoms with Crippen LogP contribution in [0.5, 0.6) is 5.75 Å². The van der Waals surface area contributed by atoms with Gasteiger partial charge in [-0.25, -0.2) is 8.42 Å². The summed E-state index contributed by atoms with van der Waals surface area (Å²) in [6, 6.07) is 4.81. The molecule has 0 aliphatic rings. The van der Waals surface area contributed by atoms with E-state index in [1.165, 1.54) is 0 Å². The average molecular weight is 288 g/mol. The van der Waals surface area contributed by atoms with E-state index in [2.05, 4.69) is 4.72 Å². The Bertz CT molecular complexity index is 467. The van der Waals surface area contributed by atoms with Crippen molar-refractivity contribution in [3.8, 4) is 5.75 Å². The first-order valence-corrected chi connectivity index (χ1v) is 7.15. The van der Waals surface area contributed by atoms with E-state index in [1.54, 1.807) is 32.2 Å². The molecular weight excluding hydrogens is 268 g/mol. The van der Waals surface area contributed by atoms with Crippen LogP contribution in [0, 0.1) is 0 Å². The summed E-state index contributed by atoms with van der Waals surface area (Å²) in [6.07, 6.45) is 0.752. The molecule has 0 heterocycles. The van der Waals surface area contributed by atoms with Crippen LogP contribution in [-0.2, 0) is 15.6 Å². The van der Waals surface area contributed by atoms with E-state index in [1.807, 2.05) is 0 Å². The van der Waals surface area contributed by atoms with Gasteiger partial charge >= 0.3 is 0 Å². The Kier molecular flexibility index (Phi) is 6.61. The number of anilines is 1. The van der Waals surface area contributed by atoms with Crippen LogP contribution in [0.4, 0.5) is 5.69 Å². The van der Waals surface area contributed by atoms with E-state index < -0.39 is 10.9 Å². The number of methoxy groups -OCH3 is 1. The monoisotopic (exact) mass is 288 g/mol. The molecule has 0 saturated carbocycles. The number of ether oxygens (including phenoxy) is 2. The van der Waals surface area contributed by atoms with E-state index in [9.17, 15) is 8.42 Å². The highest BCUT2D eigenvalue weighted by molar-refractivity contribution is 7.73. The van der Waals surface area contributed by atoms with Crippen LogP contribution in [0.2, 0.25) is 0 Å². The third kappa shape index (κ3) is 5.06. The Morgan fingerprint density at radius 1 is 1.37 bits per heavy atom. The van der Waals surface area contributed by atoms with Crippen molar-refractivity contribution in [2.24, 2.45) is 5.73 Å². The molecule has 0 aromatic heterocycles. The van der Waals surface area contributed by atoms with Crippen LogP contribution in [0.3, 0.4) is 0 Å². The number of rotatable bonds is 8. The van der Waals surface area contributed by atoms with Crippen molar-refractivity contribution in [1.29, 1.82) is 0 Å². The zero-order valence-electron chi connectivity index (χ0n) is 11.1. The first-order valence-electron chi connectivity index (χ1n) is 5.97. The van der Waals surface area contributed by atoms with E-state index in [-0.39, 0.29) is 6.04 Å². The van der Waals surface area contributed by atoms with Crippen LogP contribution in [0.15, 0.2) is 18.2 Å². The lowest BCUT2D eigenvalue weighted by molar-refractivity contribution is 0.171. The molecule has 0 saturated heterocycles. The predicted octanol–water partition coefficient (Wildman–Crippen LogP) is 1.06. The molecule has 0 radical (unpaired) electrons. The quantitative estimate of drug-likeness (QED) is 0.491. The number of thiol groups is 1. The minimum absolute atomic E-state index is 0.337. The van der Waals surface area contributed by atoms with Gasteiger partial charge in [0.2, 0.25) is 10.9 Å². The van der Waals surface area contributed by atoms with Crippen molar-refractivity contribution in [1.82, 2.24) is 0 Å². The second-order valence-corrected chi connectivity index (χ2v) is 4.81. The molecule has 0 amide bonds. The van der Waals surface area contributed by atoms with E-state index in [0.29, 0.717) is 30.2 Å². The Morgan fingerprint density at radius 3 is 2.68 bits per heavy atom. The molecular formula is C12H20N2O4S. The lowest BCUT2D eigenvalue weighted by Crippen LogP contribution is -2.12. The zero-order chi connectivity index (χ0) is 14.3. The predicted molar refractivity (Wildman–Crippen MR) is 75.0 cm³/mol. The highest BCUT2D eigenvalue weighted by Crippen LogP contribution is 2.31. The fraction of sp³-hybridized carbons (Fsp3) is 0.500. The standard InChI is InChI=1S/C12H20N2O4S/c1-9(13)12-10(14-19(15)16)5-3-6-11(12)18-8-4-7-17-2/h3,5-6,9,19H,4,7-8,13H2,1-2H3,(H,14,15,16). The van der Waals surface area contributed by atoms with Gasteiger partial charge in [0.1, 0.15) is 5.75 Å². The molecule has 0 fully saturated rings. The molecule has 108 valence electrons. The Morgan fingerprint density at radius 2 is 2.11 bits per heavy atom. The van der Waals surface area contributed by atoms with Gasteiger partial charge in [0, 0.05) is 31.7 Å². The first-order chi connectivity index (χ1) is 9.06. The maximum atomic E-state index is 10.8. The van der Waals surface area contributed by atoms with Gasteiger partial charge in [-0.05, 0) is 19.1 Å². The number of benzene rings is 1. The molecule has 6 nitrogen and oxygen atoms in total. The highest BCUT2D eigenvalue weighted by atomic mass is 32.2. The lowest BCUT2D eigenvalue weighted by Gasteiger charge is -2.17. The van der Waals surface area contributed by atoms with Crippen molar-refractivity contribution in [2.45, 2.75) is 19.4 Å². The molecule has 0 aliphatic heterocycles. The molecule has 0 bridgehead atoms. The normalized spacial score (nSPS) is 12.4. The van der Waals surface area contributed by atoms with Crippen molar-refractivity contribution >= 4 is 16.6 Å². The summed E-state index contributed by atoms with van der Waals surface area (Å²) < 4.78 is 34.5. The molecule has 3 N–H and O–H groups in total. The number of nitrogens with two attached hydrogens (primary N) is 1. The molecule has 1 unspecified atom stereocenters. The van der Waals surface area contributed by atoms with E-state index in [4.69, 9.17) is 15.2 Å². The molecule has 1 rings (SSSR count). The SMILES string of the molecule is COCCCOc1cccc(N[SH](=O)=O)c1C(C)N. The van der Waals surface area contributed by atoms with Crippen LogP contribution >= 0.6 is 0 Å². The van der Waals surface area contributed by atoms with Crippen LogP contribution in [0.1, 0.15) is 24.9 Å². The third-order valence-electron chi connectivity index (χ3n) is 2.48. The smallest absolute Gasteiger partial charge is 0.222 e. The number of hydrogen-bond acceptors (Lipinski definition) is 5. The first kappa shape index (κ1) is 15.7. The van der Waals surface area contributed by atoms with Gasteiger partial charge in [0.15, 0.2) is 0 Å². The summed E-state index contributed by atoms with van der Waals surface area (Å²) in [5.41, 5.74) is 6.99. The summed E-state index contributed by atoms with van der Waals surface area (Å²) in [6.45, 7) is 2.87. The largest absolute Gasteiger partial charge is 0.493 e. The lowest BCUT2D eigenvalue weighted by atomic mass is 10.1. The van der Waals surface area contributed by atoms with Crippen molar-refractivity contribution in [3.63, 3.8) is 0 Å².